The van der Waals surface area contributed by atoms with E-state index in [1.165, 1.54) is 49.8 Å². The highest BCUT2D eigenvalue weighted by molar-refractivity contribution is 5.93. The Kier molecular flexibility index (Phi) is 9.39. The Morgan fingerprint density at radius 2 is 1.79 bits per heavy atom. The van der Waals surface area contributed by atoms with E-state index in [4.69, 9.17) is 9.97 Å². The van der Waals surface area contributed by atoms with Gasteiger partial charge in [0.15, 0.2) is 0 Å². The van der Waals surface area contributed by atoms with Crippen molar-refractivity contribution in [2.45, 2.75) is 123 Å². The number of hydrogen-bond acceptors (Lipinski definition) is 4. The molecule has 1 aromatic heterocycles. The maximum absolute atomic E-state index is 5.38. The molecule has 4 heteroatoms. The number of benzene rings is 2. The second-order valence-electron chi connectivity index (χ2n) is 17.0. The maximum atomic E-state index is 5.38. The van der Waals surface area contributed by atoms with Gasteiger partial charge in [-0.25, -0.2) is 9.97 Å². The molecule has 1 aliphatic heterocycles. The van der Waals surface area contributed by atoms with Gasteiger partial charge in [0.05, 0.1) is 28.3 Å². The molecule has 3 aromatic rings. The molecule has 0 radical (unpaired) electrons. The van der Waals surface area contributed by atoms with Gasteiger partial charge in [-0.2, -0.15) is 0 Å². The summed E-state index contributed by atoms with van der Waals surface area (Å²) in [6.07, 6.45) is 29.4. The third kappa shape index (κ3) is 6.10. The van der Waals surface area contributed by atoms with Crippen LogP contribution in [0.4, 0.5) is 5.95 Å². The topological polar surface area (TPSA) is 32.3 Å². The standard InChI is InChI=1S/C48H58N4/c1-7-38(31-33(2)3)51(46-49-43-22-13-12-20-41(43)44(50-46)36-18-10-8-11-19-36)39-25-23-35(24-26-39)37-27-30-48(6)42(32-37)40-21-16-17-34(4)45(40)52(48)47(5)28-14-9-15-29-47/h7-8,10-14,18-20,22-23,25,27-28,32-35,39H,9,15-17,21,24,26,29-31H2,1-6H3/b38-7+/t34-,35?,39?,47?,48?/m0/s1. The molecule has 5 atom stereocenters. The van der Waals surface area contributed by atoms with Crippen molar-refractivity contribution in [2.75, 3.05) is 4.90 Å². The van der Waals surface area contributed by atoms with Crippen molar-refractivity contribution in [2.24, 2.45) is 17.8 Å². The molecule has 0 saturated heterocycles. The average Bonchev–Trinajstić information content (AvgIpc) is 3.44. The number of nitrogens with zero attached hydrogens (tertiary/aromatic N) is 4. The lowest BCUT2D eigenvalue weighted by atomic mass is 9.74. The van der Waals surface area contributed by atoms with Crippen LogP contribution in [-0.2, 0) is 0 Å². The first kappa shape index (κ1) is 34.9. The lowest BCUT2D eigenvalue weighted by Gasteiger charge is -2.53. The van der Waals surface area contributed by atoms with Gasteiger partial charge in [0, 0.05) is 28.3 Å². The Labute approximate surface area is 312 Å². The van der Waals surface area contributed by atoms with Crippen molar-refractivity contribution >= 4 is 16.9 Å². The van der Waals surface area contributed by atoms with E-state index in [-0.39, 0.29) is 17.1 Å². The molecule has 4 nitrogen and oxygen atoms in total. The van der Waals surface area contributed by atoms with Gasteiger partial charge in [-0.3, -0.25) is 0 Å². The average molecular weight is 691 g/mol. The zero-order valence-electron chi connectivity index (χ0n) is 32.4. The fourth-order valence-electron chi connectivity index (χ4n) is 10.3. The van der Waals surface area contributed by atoms with Crippen molar-refractivity contribution < 1.29 is 0 Å². The van der Waals surface area contributed by atoms with Crippen LogP contribution in [0.25, 0.3) is 22.2 Å². The fraction of sp³-hybridized carbons (Fsp3) is 0.458. The molecule has 8 rings (SSSR count). The number of allylic oxidation sites excluding steroid dienone is 7. The van der Waals surface area contributed by atoms with Gasteiger partial charge in [-0.15, -0.1) is 0 Å². The van der Waals surface area contributed by atoms with Gasteiger partial charge >= 0.3 is 0 Å². The Morgan fingerprint density at radius 3 is 2.52 bits per heavy atom. The van der Waals surface area contributed by atoms with Gasteiger partial charge in [-0.1, -0.05) is 112 Å². The van der Waals surface area contributed by atoms with Crippen molar-refractivity contribution in [1.82, 2.24) is 14.9 Å². The van der Waals surface area contributed by atoms with E-state index in [2.05, 4.69) is 148 Å². The molecule has 0 bridgehead atoms. The summed E-state index contributed by atoms with van der Waals surface area (Å²) >= 11 is 0. The molecule has 2 aromatic carbocycles. The van der Waals surface area contributed by atoms with Crippen molar-refractivity contribution in [3.63, 3.8) is 0 Å². The van der Waals surface area contributed by atoms with Gasteiger partial charge in [0.2, 0.25) is 5.95 Å². The molecular formula is C48H58N4. The summed E-state index contributed by atoms with van der Waals surface area (Å²) in [6.45, 7) is 14.4. The van der Waals surface area contributed by atoms with E-state index in [0.29, 0.717) is 17.8 Å². The molecule has 5 aliphatic rings. The van der Waals surface area contributed by atoms with Crippen LogP contribution in [0.3, 0.4) is 0 Å². The largest absolute Gasteiger partial charge is 0.356 e. The smallest absolute Gasteiger partial charge is 0.231 e. The molecule has 0 fully saturated rings. The Bertz CT molecular complexity index is 2010. The molecule has 270 valence electrons. The fourth-order valence-corrected chi connectivity index (χ4v) is 10.3. The van der Waals surface area contributed by atoms with Crippen LogP contribution in [0.15, 0.2) is 125 Å². The van der Waals surface area contributed by atoms with Crippen LogP contribution in [-0.4, -0.2) is 32.0 Å². The summed E-state index contributed by atoms with van der Waals surface area (Å²) in [5.74, 6) is 2.37. The molecule has 0 N–H and O–H groups in total. The summed E-state index contributed by atoms with van der Waals surface area (Å²) in [5, 5.41) is 1.09. The van der Waals surface area contributed by atoms with Crippen LogP contribution in [0, 0.1) is 17.8 Å². The third-order valence-electron chi connectivity index (χ3n) is 12.8. The van der Waals surface area contributed by atoms with E-state index in [0.717, 1.165) is 53.8 Å². The highest BCUT2D eigenvalue weighted by Gasteiger charge is 2.53. The highest BCUT2D eigenvalue weighted by atomic mass is 15.3. The van der Waals surface area contributed by atoms with Gasteiger partial charge < -0.3 is 9.80 Å². The van der Waals surface area contributed by atoms with E-state index in [9.17, 15) is 0 Å². The first-order valence-corrected chi connectivity index (χ1v) is 20.3. The van der Waals surface area contributed by atoms with Crippen LogP contribution < -0.4 is 4.90 Å². The Morgan fingerprint density at radius 1 is 0.981 bits per heavy atom. The second kappa shape index (κ2) is 14.0. The SMILES string of the molecule is C/C=C(\CC(C)C)N(c1nc(-c2ccccc2)c2ccccc2n1)C1C=CC(C2=CCC3(C)C(=C2)C2=C([C@@H](C)CCC2)N3C2(C)C=CCCC2)CC1. The normalized spacial score (nSPS) is 28.9. The third-order valence-corrected chi connectivity index (χ3v) is 12.8. The molecule has 0 saturated carbocycles. The van der Waals surface area contributed by atoms with E-state index in [1.54, 1.807) is 16.8 Å². The summed E-state index contributed by atoms with van der Waals surface area (Å²) in [5.41, 5.74) is 11.0. The minimum absolute atomic E-state index is 0.0302. The van der Waals surface area contributed by atoms with Crippen molar-refractivity contribution in [1.29, 1.82) is 0 Å². The molecule has 0 spiro atoms. The highest BCUT2D eigenvalue weighted by Crippen LogP contribution is 2.57. The van der Waals surface area contributed by atoms with Crippen LogP contribution in [0.2, 0.25) is 0 Å². The zero-order chi connectivity index (χ0) is 36.0. The summed E-state index contributed by atoms with van der Waals surface area (Å²) in [4.78, 5) is 16.0. The summed E-state index contributed by atoms with van der Waals surface area (Å²) in [6, 6.07) is 19.3. The summed E-state index contributed by atoms with van der Waals surface area (Å²) in [7, 11) is 0. The monoisotopic (exact) mass is 690 g/mol. The molecular weight excluding hydrogens is 633 g/mol. The molecule has 4 unspecified atom stereocenters. The number of rotatable bonds is 8. The molecule has 0 amide bonds. The lowest BCUT2D eigenvalue weighted by Crippen LogP contribution is -2.56. The predicted octanol–water partition coefficient (Wildman–Crippen LogP) is 12.3. The maximum Gasteiger partial charge on any atom is 0.231 e. The second-order valence-corrected chi connectivity index (χ2v) is 17.0. The first-order chi connectivity index (χ1) is 25.2. The predicted molar refractivity (Wildman–Crippen MR) is 219 cm³/mol. The number of hydrogen-bond donors (Lipinski definition) is 0. The minimum Gasteiger partial charge on any atom is -0.356 e. The van der Waals surface area contributed by atoms with Crippen molar-refractivity contribution in [3.05, 3.63) is 125 Å². The van der Waals surface area contributed by atoms with Gasteiger partial charge in [-0.05, 0) is 120 Å². The van der Waals surface area contributed by atoms with Crippen LogP contribution in [0.5, 0.6) is 0 Å². The lowest BCUT2D eigenvalue weighted by molar-refractivity contribution is 0.0759. The number of anilines is 1. The number of para-hydroxylation sites is 1. The van der Waals surface area contributed by atoms with Crippen LogP contribution >= 0.6 is 0 Å². The van der Waals surface area contributed by atoms with Gasteiger partial charge in [0.1, 0.15) is 0 Å². The molecule has 4 aliphatic carbocycles. The Hall–Kier alpha value is -4.18. The molecule has 2 heterocycles. The summed E-state index contributed by atoms with van der Waals surface area (Å²) < 4.78 is 0. The Balaban J connectivity index is 1.14. The van der Waals surface area contributed by atoms with Crippen LogP contribution in [0.1, 0.15) is 106 Å². The minimum atomic E-state index is 0.0302. The number of aromatic nitrogens is 2. The van der Waals surface area contributed by atoms with Crippen molar-refractivity contribution in [3.8, 4) is 11.3 Å². The van der Waals surface area contributed by atoms with E-state index >= 15 is 0 Å². The molecule has 52 heavy (non-hydrogen) atoms. The quantitative estimate of drug-likeness (QED) is 0.220. The van der Waals surface area contributed by atoms with E-state index < -0.39 is 0 Å². The first-order valence-electron chi connectivity index (χ1n) is 20.3. The number of fused-ring (bicyclic) bond motifs is 3. The van der Waals surface area contributed by atoms with E-state index in [1.807, 2.05) is 0 Å². The zero-order valence-corrected chi connectivity index (χ0v) is 32.4. The van der Waals surface area contributed by atoms with Gasteiger partial charge in [0.25, 0.3) is 0 Å².